The Labute approximate surface area is 113 Å². The van der Waals surface area contributed by atoms with Crippen molar-refractivity contribution in [3.8, 4) is 0 Å². The lowest BCUT2D eigenvalue weighted by Crippen LogP contribution is -2.33. The first-order valence-electron chi connectivity index (χ1n) is 6.28. The number of aromatic nitrogens is 2. The number of hydrogen-bond donors (Lipinski definition) is 2. The third-order valence-electron chi connectivity index (χ3n) is 2.99. The van der Waals surface area contributed by atoms with Crippen LogP contribution in [0.25, 0.3) is 0 Å². The summed E-state index contributed by atoms with van der Waals surface area (Å²) in [7, 11) is 0. The van der Waals surface area contributed by atoms with Crippen LogP contribution in [0.1, 0.15) is 43.4 Å². The van der Waals surface area contributed by atoms with Crippen LogP contribution in [0.4, 0.5) is 0 Å². The van der Waals surface area contributed by atoms with Crippen LogP contribution in [0.5, 0.6) is 0 Å². The van der Waals surface area contributed by atoms with Gasteiger partial charge in [0, 0.05) is 17.8 Å². The van der Waals surface area contributed by atoms with Gasteiger partial charge in [0.15, 0.2) is 0 Å². The van der Waals surface area contributed by atoms with E-state index < -0.39 is 0 Å². The summed E-state index contributed by atoms with van der Waals surface area (Å²) in [6, 6.07) is 0.422. The van der Waals surface area contributed by atoms with Crippen molar-refractivity contribution in [1.82, 2.24) is 15.3 Å². The average Bonchev–Trinajstić information content (AvgIpc) is 2.24. The van der Waals surface area contributed by atoms with Crippen LogP contribution in [0.2, 0.25) is 0 Å². The zero-order valence-electron chi connectivity index (χ0n) is 11.8. The van der Waals surface area contributed by atoms with Gasteiger partial charge in [0.25, 0.3) is 5.56 Å². The van der Waals surface area contributed by atoms with Crippen LogP contribution >= 0.6 is 11.8 Å². The highest BCUT2D eigenvalue weighted by atomic mass is 32.2. The maximum Gasteiger partial charge on any atom is 0.255 e. The fourth-order valence-corrected chi connectivity index (χ4v) is 2.72. The van der Waals surface area contributed by atoms with Gasteiger partial charge in [-0.2, -0.15) is 11.8 Å². The van der Waals surface area contributed by atoms with Crippen molar-refractivity contribution in [3.05, 3.63) is 27.4 Å². The third-order valence-corrected chi connectivity index (χ3v) is 3.63. The molecule has 4 nitrogen and oxygen atoms in total. The summed E-state index contributed by atoms with van der Waals surface area (Å²) in [5.41, 5.74) is 1.53. The van der Waals surface area contributed by atoms with Crippen molar-refractivity contribution in [2.75, 3.05) is 12.0 Å². The minimum Gasteiger partial charge on any atom is -0.310 e. The number of aryl methyl sites for hydroxylation is 2. The van der Waals surface area contributed by atoms with Crippen molar-refractivity contribution in [1.29, 1.82) is 0 Å². The van der Waals surface area contributed by atoms with Gasteiger partial charge in [-0.15, -0.1) is 0 Å². The minimum absolute atomic E-state index is 0.0266. The molecular weight excluding hydrogens is 246 g/mol. The lowest BCUT2D eigenvalue weighted by Gasteiger charge is -2.20. The van der Waals surface area contributed by atoms with E-state index >= 15 is 0 Å². The lowest BCUT2D eigenvalue weighted by atomic mass is 10.1. The van der Waals surface area contributed by atoms with E-state index in [2.05, 4.69) is 28.5 Å². The molecule has 0 spiro atoms. The van der Waals surface area contributed by atoms with Crippen LogP contribution in [0.3, 0.4) is 0 Å². The summed E-state index contributed by atoms with van der Waals surface area (Å²) >= 11 is 1.84. The van der Waals surface area contributed by atoms with Crippen LogP contribution in [0.15, 0.2) is 4.79 Å². The van der Waals surface area contributed by atoms with E-state index in [0.29, 0.717) is 11.9 Å². The second-order valence-corrected chi connectivity index (χ2v) is 5.71. The third kappa shape index (κ3) is 4.14. The molecule has 1 aromatic heterocycles. The molecule has 2 unspecified atom stereocenters. The van der Waals surface area contributed by atoms with Gasteiger partial charge in [-0.3, -0.25) is 4.79 Å². The van der Waals surface area contributed by atoms with Crippen molar-refractivity contribution < 1.29 is 0 Å². The van der Waals surface area contributed by atoms with Crippen molar-refractivity contribution >= 4 is 11.8 Å². The molecular formula is C13H23N3OS. The molecule has 2 N–H and O–H groups in total. The number of nitrogens with zero attached hydrogens (tertiary/aromatic N) is 1. The molecule has 0 bridgehead atoms. The number of rotatable bonds is 6. The van der Waals surface area contributed by atoms with E-state index in [1.165, 1.54) is 0 Å². The number of thioether (sulfide) groups is 1. The van der Waals surface area contributed by atoms with Gasteiger partial charge in [-0.25, -0.2) is 4.98 Å². The molecule has 0 saturated carbocycles. The molecule has 0 saturated heterocycles. The second-order valence-electron chi connectivity index (χ2n) is 4.72. The molecule has 0 aliphatic rings. The largest absolute Gasteiger partial charge is 0.310 e. The minimum atomic E-state index is -0.0305. The Balaban J connectivity index is 2.78. The van der Waals surface area contributed by atoms with E-state index in [1.54, 1.807) is 6.92 Å². The SMILES string of the molecule is CSCCC(C)NC(C)c1c(C)nc(C)[nH]c1=O. The Morgan fingerprint density at radius 2 is 2.06 bits per heavy atom. The first kappa shape index (κ1) is 15.2. The van der Waals surface area contributed by atoms with Gasteiger partial charge in [0.1, 0.15) is 5.82 Å². The van der Waals surface area contributed by atoms with Gasteiger partial charge < -0.3 is 10.3 Å². The highest BCUT2D eigenvalue weighted by Crippen LogP contribution is 2.13. The summed E-state index contributed by atoms with van der Waals surface area (Å²) in [6.07, 6.45) is 3.21. The van der Waals surface area contributed by atoms with Gasteiger partial charge in [-0.1, -0.05) is 0 Å². The number of nitrogens with one attached hydrogen (secondary N) is 2. The molecule has 0 aliphatic carbocycles. The molecule has 2 atom stereocenters. The van der Waals surface area contributed by atoms with Gasteiger partial charge >= 0.3 is 0 Å². The Kier molecular flexibility index (Phi) is 5.88. The molecule has 0 amide bonds. The topological polar surface area (TPSA) is 57.8 Å². The number of aromatic amines is 1. The first-order valence-corrected chi connectivity index (χ1v) is 7.67. The van der Waals surface area contributed by atoms with E-state index in [4.69, 9.17) is 0 Å². The molecule has 1 aromatic rings. The maximum atomic E-state index is 12.0. The molecule has 0 fully saturated rings. The first-order chi connectivity index (χ1) is 8.45. The van der Waals surface area contributed by atoms with E-state index in [-0.39, 0.29) is 11.6 Å². The molecule has 102 valence electrons. The maximum absolute atomic E-state index is 12.0. The molecule has 0 radical (unpaired) electrons. The Morgan fingerprint density at radius 3 is 2.61 bits per heavy atom. The van der Waals surface area contributed by atoms with Crippen LogP contribution in [-0.2, 0) is 0 Å². The fraction of sp³-hybridized carbons (Fsp3) is 0.692. The number of H-pyrrole nitrogens is 1. The van der Waals surface area contributed by atoms with Gasteiger partial charge in [-0.05, 0) is 46.1 Å². The average molecular weight is 269 g/mol. The summed E-state index contributed by atoms with van der Waals surface area (Å²) in [6.45, 7) is 7.86. The summed E-state index contributed by atoms with van der Waals surface area (Å²) in [5.74, 6) is 1.80. The van der Waals surface area contributed by atoms with E-state index in [1.807, 2.05) is 25.6 Å². The normalized spacial score (nSPS) is 14.5. The molecule has 0 aromatic carbocycles. The Morgan fingerprint density at radius 1 is 1.39 bits per heavy atom. The van der Waals surface area contributed by atoms with Gasteiger partial charge in [0.2, 0.25) is 0 Å². The molecule has 18 heavy (non-hydrogen) atoms. The zero-order valence-corrected chi connectivity index (χ0v) is 12.6. The highest BCUT2D eigenvalue weighted by molar-refractivity contribution is 7.98. The molecule has 0 aliphatic heterocycles. The predicted molar refractivity (Wildman–Crippen MR) is 78.3 cm³/mol. The van der Waals surface area contributed by atoms with E-state index in [9.17, 15) is 4.79 Å². The summed E-state index contributed by atoms with van der Waals surface area (Å²) in [5, 5.41) is 3.46. The zero-order chi connectivity index (χ0) is 13.7. The monoisotopic (exact) mass is 269 g/mol. The fourth-order valence-electron chi connectivity index (χ4n) is 2.13. The standard InChI is InChI=1S/C13H23N3OS/c1-8(6-7-18-5)14-9(2)12-10(3)15-11(4)16-13(12)17/h8-9,14H,6-7H2,1-5H3,(H,15,16,17). The smallest absolute Gasteiger partial charge is 0.255 e. The summed E-state index contributed by atoms with van der Waals surface area (Å²) in [4.78, 5) is 19.0. The highest BCUT2D eigenvalue weighted by Gasteiger charge is 2.16. The van der Waals surface area contributed by atoms with Crippen LogP contribution in [0, 0.1) is 13.8 Å². The van der Waals surface area contributed by atoms with Gasteiger partial charge in [0.05, 0.1) is 5.56 Å². The van der Waals surface area contributed by atoms with Crippen LogP contribution < -0.4 is 10.9 Å². The predicted octanol–water partition coefficient (Wildman–Crippen LogP) is 2.18. The van der Waals surface area contributed by atoms with Crippen LogP contribution in [-0.4, -0.2) is 28.0 Å². The van der Waals surface area contributed by atoms with E-state index in [0.717, 1.165) is 23.4 Å². The van der Waals surface area contributed by atoms with Crippen molar-refractivity contribution in [2.45, 2.75) is 46.2 Å². The Hall–Kier alpha value is -0.810. The molecule has 1 heterocycles. The Bertz CT molecular complexity index is 444. The van der Waals surface area contributed by atoms with Crippen molar-refractivity contribution in [2.24, 2.45) is 0 Å². The lowest BCUT2D eigenvalue weighted by molar-refractivity contribution is 0.466. The molecule has 5 heteroatoms. The van der Waals surface area contributed by atoms with Crippen molar-refractivity contribution in [3.63, 3.8) is 0 Å². The molecule has 1 rings (SSSR count). The second kappa shape index (κ2) is 6.95. The quantitative estimate of drug-likeness (QED) is 0.831. The number of hydrogen-bond acceptors (Lipinski definition) is 4. The summed E-state index contributed by atoms with van der Waals surface area (Å²) < 4.78 is 0.